The fourth-order valence-electron chi connectivity index (χ4n) is 4.15. The first kappa shape index (κ1) is 24.0. The van der Waals surface area contributed by atoms with Crippen LogP contribution in [-0.4, -0.2) is 28.0 Å². The number of aromatic nitrogens is 2. The normalized spacial score (nSPS) is 14.6. The number of H-pyrrole nitrogens is 1. The molecule has 0 aliphatic carbocycles. The van der Waals surface area contributed by atoms with Gasteiger partial charge in [0.2, 0.25) is 5.91 Å². The number of nitrogens with two attached hydrogens (primary N) is 1. The van der Waals surface area contributed by atoms with E-state index in [1.54, 1.807) is 24.3 Å². The molecule has 35 heavy (non-hydrogen) atoms. The maximum Gasteiger partial charge on any atom is 0.339 e. The van der Waals surface area contributed by atoms with E-state index in [9.17, 15) is 19.2 Å². The molecule has 3 aromatic rings. The number of benzene rings is 2. The van der Waals surface area contributed by atoms with Crippen LogP contribution in [0.4, 0.5) is 11.5 Å². The lowest BCUT2D eigenvalue weighted by Gasteiger charge is -2.26. The molecular formula is C26H28N4O5. The van der Waals surface area contributed by atoms with Crippen molar-refractivity contribution in [2.24, 2.45) is 5.92 Å². The first-order chi connectivity index (χ1) is 16.8. The number of hydrogen-bond donors (Lipinski definition) is 2. The van der Waals surface area contributed by atoms with E-state index in [1.165, 1.54) is 9.47 Å². The summed E-state index contributed by atoms with van der Waals surface area (Å²) >= 11 is 0. The zero-order valence-electron chi connectivity index (χ0n) is 19.7. The molecule has 0 spiro atoms. The Morgan fingerprint density at radius 3 is 2.49 bits per heavy atom. The molecule has 1 aliphatic rings. The summed E-state index contributed by atoms with van der Waals surface area (Å²) in [6.45, 7) is 4.36. The van der Waals surface area contributed by atoms with E-state index in [2.05, 4.69) is 4.98 Å². The Morgan fingerprint density at radius 1 is 1.09 bits per heavy atom. The molecule has 3 N–H and O–H groups in total. The molecule has 0 fully saturated rings. The summed E-state index contributed by atoms with van der Waals surface area (Å²) in [5, 5.41) is 0. The number of cyclic esters (lactones) is 1. The summed E-state index contributed by atoms with van der Waals surface area (Å²) < 4.78 is 6.68. The van der Waals surface area contributed by atoms with Gasteiger partial charge >= 0.3 is 11.7 Å². The Bertz CT molecular complexity index is 1360. The third kappa shape index (κ3) is 5.03. The fraction of sp³-hybridized carbons (Fsp3) is 0.308. The highest BCUT2D eigenvalue weighted by atomic mass is 16.5. The van der Waals surface area contributed by atoms with Crippen LogP contribution in [0.5, 0.6) is 0 Å². The topological polar surface area (TPSA) is 127 Å². The van der Waals surface area contributed by atoms with Gasteiger partial charge in [0.05, 0.1) is 18.5 Å². The Labute approximate surface area is 202 Å². The smallest absolute Gasteiger partial charge is 0.339 e. The van der Waals surface area contributed by atoms with Crippen molar-refractivity contribution < 1.29 is 14.3 Å². The number of nitrogens with zero attached hydrogens (tertiary/aromatic N) is 2. The molecule has 1 amide bonds. The van der Waals surface area contributed by atoms with Crippen molar-refractivity contribution in [1.29, 1.82) is 0 Å². The zero-order valence-corrected chi connectivity index (χ0v) is 19.7. The van der Waals surface area contributed by atoms with E-state index in [-0.39, 0.29) is 36.9 Å². The number of anilines is 2. The molecular weight excluding hydrogens is 448 g/mol. The molecule has 4 rings (SSSR count). The lowest BCUT2D eigenvalue weighted by molar-refractivity contribution is -0.120. The number of carbonyl (C=O) groups excluding carboxylic acids is 2. The van der Waals surface area contributed by atoms with Crippen molar-refractivity contribution in [1.82, 2.24) is 9.55 Å². The van der Waals surface area contributed by atoms with Crippen LogP contribution in [0, 0.1) is 5.92 Å². The predicted octanol–water partition coefficient (Wildman–Crippen LogP) is 2.85. The average Bonchev–Trinajstić information content (AvgIpc) is 3.14. The van der Waals surface area contributed by atoms with Crippen molar-refractivity contribution >= 4 is 23.4 Å². The maximum absolute atomic E-state index is 13.5. The summed E-state index contributed by atoms with van der Waals surface area (Å²) in [7, 11) is 0. The quantitative estimate of drug-likeness (QED) is 0.481. The van der Waals surface area contributed by atoms with Crippen LogP contribution in [0.15, 0.2) is 64.2 Å². The summed E-state index contributed by atoms with van der Waals surface area (Å²) in [6.07, 6.45) is -0.315. The number of ether oxygens (including phenoxy) is 1. The Hall–Kier alpha value is -4.14. The minimum Gasteiger partial charge on any atom is -0.453 e. The van der Waals surface area contributed by atoms with Gasteiger partial charge in [0, 0.05) is 12.1 Å². The molecule has 1 aliphatic heterocycles. The molecule has 2 aromatic carbocycles. The molecule has 9 heteroatoms. The van der Waals surface area contributed by atoms with E-state index in [0.717, 1.165) is 5.56 Å². The minimum absolute atomic E-state index is 0.0798. The molecule has 2 heterocycles. The molecule has 0 radical (unpaired) electrons. The Kier molecular flexibility index (Phi) is 6.86. The first-order valence-corrected chi connectivity index (χ1v) is 11.5. The van der Waals surface area contributed by atoms with Crippen LogP contribution < -0.4 is 21.9 Å². The summed E-state index contributed by atoms with van der Waals surface area (Å²) in [5.74, 6) is -0.766. The van der Waals surface area contributed by atoms with Crippen LogP contribution in [0.25, 0.3) is 0 Å². The Balaban J connectivity index is 1.70. The molecule has 9 nitrogen and oxygen atoms in total. The highest BCUT2D eigenvalue weighted by Gasteiger charge is 2.34. The highest BCUT2D eigenvalue weighted by molar-refractivity contribution is 5.98. The Morgan fingerprint density at radius 2 is 1.77 bits per heavy atom. The largest absolute Gasteiger partial charge is 0.453 e. The number of hydrogen-bond acceptors (Lipinski definition) is 6. The monoisotopic (exact) mass is 476 g/mol. The van der Waals surface area contributed by atoms with Gasteiger partial charge in [0.15, 0.2) is 5.69 Å². The van der Waals surface area contributed by atoms with Crippen molar-refractivity contribution in [3.63, 3.8) is 0 Å². The number of nitrogens with one attached hydrogen (secondary N) is 1. The first-order valence-electron chi connectivity index (χ1n) is 11.5. The number of fused-ring (bicyclic) bond motifs is 1. The van der Waals surface area contributed by atoms with Crippen molar-refractivity contribution in [3.8, 4) is 0 Å². The van der Waals surface area contributed by atoms with Gasteiger partial charge in [-0.05, 0) is 24.0 Å². The van der Waals surface area contributed by atoms with Gasteiger partial charge in [-0.25, -0.2) is 9.59 Å². The number of nitrogen functional groups attached to an aromatic ring is 1. The van der Waals surface area contributed by atoms with Gasteiger partial charge in [-0.2, -0.15) is 0 Å². The van der Waals surface area contributed by atoms with Crippen molar-refractivity contribution in [2.45, 2.75) is 39.3 Å². The number of aromatic amines is 1. The van der Waals surface area contributed by atoms with Gasteiger partial charge in [0.1, 0.15) is 11.9 Å². The summed E-state index contributed by atoms with van der Waals surface area (Å²) in [4.78, 5) is 54.9. The lowest BCUT2D eigenvalue weighted by Crippen LogP contribution is -2.42. The third-order valence-electron chi connectivity index (χ3n) is 6.04. The van der Waals surface area contributed by atoms with Crippen LogP contribution in [-0.2, 0) is 16.1 Å². The van der Waals surface area contributed by atoms with Gasteiger partial charge in [0.25, 0.3) is 5.56 Å². The maximum atomic E-state index is 13.5. The summed E-state index contributed by atoms with van der Waals surface area (Å²) in [5.41, 5.74) is 6.74. The van der Waals surface area contributed by atoms with Crippen molar-refractivity contribution in [3.05, 3.63) is 92.1 Å². The number of rotatable bonds is 8. The molecule has 182 valence electrons. The SMILES string of the molecule is CC(C)CCN(C(=O)CC1OC(=O)c2ccccc21)c1c(N)n(Cc2ccccc2)c(=O)[nH]c1=O. The molecule has 0 saturated carbocycles. The van der Waals surface area contributed by atoms with Crippen molar-refractivity contribution in [2.75, 3.05) is 17.2 Å². The standard InChI is InChI=1S/C26H28N4O5/c1-16(2)12-13-29(21(31)14-20-18-10-6-7-11-19(18)25(33)35-20)22-23(27)30(26(34)28-24(22)32)15-17-8-4-3-5-9-17/h3-11,16,20H,12-15,27H2,1-2H3,(H,28,32,34). The van der Waals surface area contributed by atoms with Crippen LogP contribution in [0.3, 0.4) is 0 Å². The second-order valence-corrected chi connectivity index (χ2v) is 8.98. The second-order valence-electron chi connectivity index (χ2n) is 8.98. The van der Waals surface area contributed by atoms with E-state index in [0.29, 0.717) is 17.5 Å². The average molecular weight is 477 g/mol. The highest BCUT2D eigenvalue weighted by Crippen LogP contribution is 2.34. The lowest BCUT2D eigenvalue weighted by atomic mass is 10.0. The molecule has 1 unspecified atom stereocenters. The molecule has 1 atom stereocenters. The fourth-order valence-corrected chi connectivity index (χ4v) is 4.15. The van der Waals surface area contributed by atoms with Gasteiger partial charge in [-0.3, -0.25) is 19.1 Å². The van der Waals surface area contributed by atoms with E-state index in [4.69, 9.17) is 10.5 Å². The summed E-state index contributed by atoms with van der Waals surface area (Å²) in [6, 6.07) is 16.1. The molecule has 0 bridgehead atoms. The molecule has 1 aromatic heterocycles. The van der Waals surface area contributed by atoms with E-state index >= 15 is 0 Å². The van der Waals surface area contributed by atoms with Crippen LogP contribution in [0.1, 0.15) is 54.3 Å². The number of amides is 1. The third-order valence-corrected chi connectivity index (χ3v) is 6.04. The van der Waals surface area contributed by atoms with E-state index in [1.807, 2.05) is 44.2 Å². The van der Waals surface area contributed by atoms with Gasteiger partial charge < -0.3 is 15.4 Å². The number of esters is 1. The van der Waals surface area contributed by atoms with Crippen LogP contribution in [0.2, 0.25) is 0 Å². The van der Waals surface area contributed by atoms with Gasteiger partial charge in [-0.1, -0.05) is 62.4 Å². The minimum atomic E-state index is -0.761. The second kappa shape index (κ2) is 10.0. The van der Waals surface area contributed by atoms with Gasteiger partial charge in [-0.15, -0.1) is 0 Å². The van der Waals surface area contributed by atoms with Crippen LogP contribution >= 0.6 is 0 Å². The molecule has 0 saturated heterocycles. The predicted molar refractivity (Wildman–Crippen MR) is 132 cm³/mol. The number of carbonyl (C=O) groups is 2. The van der Waals surface area contributed by atoms with E-state index < -0.39 is 29.2 Å². The zero-order chi connectivity index (χ0) is 25.1.